The van der Waals surface area contributed by atoms with E-state index in [9.17, 15) is 0 Å². The maximum Gasteiger partial charge on any atom is 0.151 e. The van der Waals surface area contributed by atoms with Gasteiger partial charge in [0.2, 0.25) is 0 Å². The maximum absolute atomic E-state index is 4.17. The number of hydrogen-bond acceptors (Lipinski definition) is 3. The number of anilines is 1. The molecule has 0 amide bonds. The van der Waals surface area contributed by atoms with Crippen molar-refractivity contribution in [2.75, 3.05) is 5.32 Å². The van der Waals surface area contributed by atoms with Gasteiger partial charge in [-0.2, -0.15) is 5.10 Å². The molecule has 0 saturated carbocycles. The van der Waals surface area contributed by atoms with E-state index in [1.807, 2.05) is 32.2 Å². The molecule has 2 N–H and O–H groups in total. The number of rotatable bonds is 3. The summed E-state index contributed by atoms with van der Waals surface area (Å²) in [6.07, 6.45) is 3.62. The lowest BCUT2D eigenvalue weighted by molar-refractivity contribution is 1.02. The summed E-state index contributed by atoms with van der Waals surface area (Å²) in [4.78, 5) is 4.06. The van der Waals surface area contributed by atoms with Crippen LogP contribution >= 0.6 is 0 Å². The van der Waals surface area contributed by atoms with E-state index in [4.69, 9.17) is 0 Å². The Labute approximate surface area is 88.8 Å². The van der Waals surface area contributed by atoms with Crippen LogP contribution in [0.5, 0.6) is 0 Å². The number of nitrogens with zero attached hydrogens (tertiary/aromatic N) is 2. The molecule has 0 unspecified atom stereocenters. The molecule has 0 radical (unpaired) electrons. The molecular weight excluding hydrogens is 188 g/mol. The predicted octanol–water partition coefficient (Wildman–Crippen LogP) is 2.03. The van der Waals surface area contributed by atoms with Crippen LogP contribution in [0.15, 0.2) is 24.5 Å². The third-order valence-electron chi connectivity index (χ3n) is 2.44. The molecule has 0 bridgehead atoms. The van der Waals surface area contributed by atoms with E-state index < -0.39 is 0 Å². The number of aryl methyl sites for hydroxylation is 1. The van der Waals surface area contributed by atoms with Gasteiger partial charge in [-0.25, -0.2) is 0 Å². The van der Waals surface area contributed by atoms with Crippen molar-refractivity contribution in [3.8, 4) is 0 Å². The first-order valence-electron chi connectivity index (χ1n) is 4.91. The van der Waals surface area contributed by atoms with Gasteiger partial charge >= 0.3 is 0 Å². The topological polar surface area (TPSA) is 53.6 Å². The number of pyridine rings is 1. The number of hydrogen-bond donors (Lipinski definition) is 2. The Morgan fingerprint density at radius 1 is 1.40 bits per heavy atom. The van der Waals surface area contributed by atoms with Gasteiger partial charge in [-0.3, -0.25) is 10.1 Å². The molecule has 0 aromatic carbocycles. The molecule has 0 aliphatic rings. The van der Waals surface area contributed by atoms with E-state index in [1.54, 1.807) is 6.20 Å². The molecule has 0 aliphatic heterocycles. The normalized spacial score (nSPS) is 10.3. The first kappa shape index (κ1) is 9.71. The molecule has 2 aromatic heterocycles. The summed E-state index contributed by atoms with van der Waals surface area (Å²) in [5, 5.41) is 10.4. The van der Waals surface area contributed by atoms with Crippen LogP contribution in [0.4, 0.5) is 5.82 Å². The van der Waals surface area contributed by atoms with Crippen molar-refractivity contribution < 1.29 is 0 Å². The summed E-state index contributed by atoms with van der Waals surface area (Å²) in [6.45, 7) is 4.81. The highest BCUT2D eigenvalue weighted by atomic mass is 15.2. The lowest BCUT2D eigenvalue weighted by atomic mass is 10.2. The van der Waals surface area contributed by atoms with Crippen LogP contribution in [0.2, 0.25) is 0 Å². The Bertz CT molecular complexity index is 433. The predicted molar refractivity (Wildman–Crippen MR) is 59.6 cm³/mol. The summed E-state index contributed by atoms with van der Waals surface area (Å²) in [5.41, 5.74) is 3.42. The lowest BCUT2D eigenvalue weighted by Gasteiger charge is -2.03. The van der Waals surface area contributed by atoms with E-state index >= 15 is 0 Å². The van der Waals surface area contributed by atoms with Crippen LogP contribution in [0.25, 0.3) is 0 Å². The SMILES string of the molecule is Cc1[nH]nc(NCc2cccnc2)c1C. The van der Waals surface area contributed by atoms with Crippen LogP contribution < -0.4 is 5.32 Å². The molecule has 4 heteroatoms. The minimum absolute atomic E-state index is 0.749. The Morgan fingerprint density at radius 3 is 2.87 bits per heavy atom. The van der Waals surface area contributed by atoms with E-state index in [0.29, 0.717) is 0 Å². The first-order chi connectivity index (χ1) is 7.27. The van der Waals surface area contributed by atoms with Crippen molar-refractivity contribution in [1.82, 2.24) is 15.2 Å². The molecule has 15 heavy (non-hydrogen) atoms. The minimum atomic E-state index is 0.749. The van der Waals surface area contributed by atoms with Crippen molar-refractivity contribution in [2.24, 2.45) is 0 Å². The number of H-pyrrole nitrogens is 1. The Kier molecular flexibility index (Phi) is 2.67. The second-order valence-electron chi connectivity index (χ2n) is 3.54. The van der Waals surface area contributed by atoms with E-state index in [2.05, 4.69) is 20.5 Å². The molecule has 0 atom stereocenters. The van der Waals surface area contributed by atoms with Crippen LogP contribution in [0.3, 0.4) is 0 Å². The van der Waals surface area contributed by atoms with Gasteiger partial charge < -0.3 is 5.32 Å². The molecule has 0 saturated heterocycles. The van der Waals surface area contributed by atoms with E-state index in [-0.39, 0.29) is 0 Å². The fourth-order valence-electron chi connectivity index (χ4n) is 1.35. The molecular formula is C11H14N4. The van der Waals surface area contributed by atoms with Gasteiger partial charge in [-0.05, 0) is 25.5 Å². The Hall–Kier alpha value is -1.84. The van der Waals surface area contributed by atoms with Gasteiger partial charge in [-0.15, -0.1) is 0 Å². The van der Waals surface area contributed by atoms with Gasteiger partial charge in [0.05, 0.1) is 0 Å². The van der Waals surface area contributed by atoms with Crippen molar-refractivity contribution in [2.45, 2.75) is 20.4 Å². The molecule has 2 heterocycles. The molecule has 78 valence electrons. The molecule has 0 spiro atoms. The quantitative estimate of drug-likeness (QED) is 0.800. The van der Waals surface area contributed by atoms with Gasteiger partial charge in [0.25, 0.3) is 0 Å². The van der Waals surface area contributed by atoms with Crippen molar-refractivity contribution in [3.63, 3.8) is 0 Å². The highest BCUT2D eigenvalue weighted by Crippen LogP contribution is 2.14. The number of aromatic amines is 1. The van der Waals surface area contributed by atoms with Crippen LogP contribution in [-0.2, 0) is 6.54 Å². The van der Waals surface area contributed by atoms with Gasteiger partial charge in [0.1, 0.15) is 0 Å². The average Bonchev–Trinajstić information content (AvgIpc) is 2.59. The third kappa shape index (κ3) is 2.15. The fourth-order valence-corrected chi connectivity index (χ4v) is 1.35. The number of aromatic nitrogens is 3. The summed E-state index contributed by atoms with van der Waals surface area (Å²) in [6, 6.07) is 3.97. The highest BCUT2D eigenvalue weighted by molar-refractivity contribution is 5.45. The molecule has 0 aliphatic carbocycles. The first-order valence-corrected chi connectivity index (χ1v) is 4.91. The second kappa shape index (κ2) is 4.13. The zero-order valence-corrected chi connectivity index (χ0v) is 8.91. The van der Waals surface area contributed by atoms with Crippen molar-refractivity contribution in [1.29, 1.82) is 0 Å². The zero-order valence-electron chi connectivity index (χ0n) is 8.91. The summed E-state index contributed by atoms with van der Waals surface area (Å²) in [7, 11) is 0. The minimum Gasteiger partial charge on any atom is -0.364 e. The lowest BCUT2D eigenvalue weighted by Crippen LogP contribution is -2.01. The molecule has 4 nitrogen and oxygen atoms in total. The summed E-state index contributed by atoms with van der Waals surface area (Å²) < 4.78 is 0. The average molecular weight is 202 g/mol. The molecule has 2 aromatic rings. The second-order valence-corrected chi connectivity index (χ2v) is 3.54. The smallest absolute Gasteiger partial charge is 0.151 e. The third-order valence-corrected chi connectivity index (χ3v) is 2.44. The fraction of sp³-hybridized carbons (Fsp3) is 0.273. The van der Waals surface area contributed by atoms with E-state index in [1.165, 1.54) is 5.56 Å². The van der Waals surface area contributed by atoms with Crippen LogP contribution in [0.1, 0.15) is 16.8 Å². The Morgan fingerprint density at radius 2 is 2.27 bits per heavy atom. The molecule has 2 rings (SSSR count). The molecule has 0 fully saturated rings. The van der Waals surface area contributed by atoms with Crippen molar-refractivity contribution in [3.05, 3.63) is 41.3 Å². The largest absolute Gasteiger partial charge is 0.364 e. The summed E-state index contributed by atoms with van der Waals surface area (Å²) >= 11 is 0. The standard InChI is InChI=1S/C11H14N4/c1-8-9(2)14-15-11(8)13-7-10-4-3-5-12-6-10/h3-6H,7H2,1-2H3,(H2,13,14,15). The van der Waals surface area contributed by atoms with Crippen LogP contribution in [-0.4, -0.2) is 15.2 Å². The summed E-state index contributed by atoms with van der Waals surface area (Å²) in [5.74, 6) is 0.913. The monoisotopic (exact) mass is 202 g/mol. The highest BCUT2D eigenvalue weighted by Gasteiger charge is 2.03. The van der Waals surface area contributed by atoms with Crippen LogP contribution in [0, 0.1) is 13.8 Å². The van der Waals surface area contributed by atoms with Gasteiger partial charge in [-0.1, -0.05) is 6.07 Å². The van der Waals surface area contributed by atoms with Crippen molar-refractivity contribution >= 4 is 5.82 Å². The number of nitrogens with one attached hydrogen (secondary N) is 2. The van der Waals surface area contributed by atoms with Gasteiger partial charge in [0, 0.05) is 30.2 Å². The van der Waals surface area contributed by atoms with Gasteiger partial charge in [0.15, 0.2) is 5.82 Å². The van der Waals surface area contributed by atoms with E-state index in [0.717, 1.165) is 23.6 Å². The Balaban J connectivity index is 2.02. The maximum atomic E-state index is 4.17. The zero-order chi connectivity index (χ0) is 10.7.